The summed E-state index contributed by atoms with van der Waals surface area (Å²) in [5.74, 6) is -0.395. The van der Waals surface area contributed by atoms with E-state index in [1.807, 2.05) is 0 Å². The third-order valence-corrected chi connectivity index (χ3v) is 5.26. The van der Waals surface area contributed by atoms with E-state index in [1.165, 1.54) is 57.7 Å². The van der Waals surface area contributed by atoms with E-state index in [1.54, 1.807) is 5.32 Å². The van der Waals surface area contributed by atoms with Crippen molar-refractivity contribution in [1.29, 1.82) is 0 Å². The van der Waals surface area contributed by atoms with Gasteiger partial charge in [0.2, 0.25) is 5.75 Å². The number of carbonyl (C=O) groups excluding carboxylic acids is 2. The van der Waals surface area contributed by atoms with E-state index in [0.717, 1.165) is 0 Å². The number of halogens is 4. The number of alkyl halides is 3. The van der Waals surface area contributed by atoms with Crippen molar-refractivity contribution in [3.63, 3.8) is 0 Å². The van der Waals surface area contributed by atoms with Gasteiger partial charge >= 0.3 is 12.2 Å². The molecule has 0 aliphatic carbocycles. The number of carbonyl (C=O) groups is 2. The van der Waals surface area contributed by atoms with Crippen LogP contribution in [-0.2, 0) is 0 Å². The topological polar surface area (TPSA) is 85.9 Å². The Balaban J connectivity index is 2.26. The van der Waals surface area contributed by atoms with E-state index in [9.17, 15) is 22.8 Å². The Bertz CT molecular complexity index is 1060. The van der Waals surface area contributed by atoms with Crippen LogP contribution < -0.4 is 24.8 Å². The molecule has 0 saturated carbocycles. The summed E-state index contributed by atoms with van der Waals surface area (Å²) in [6.45, 7) is 0. The number of rotatable bonds is 6. The highest BCUT2D eigenvalue weighted by atomic mass is 79.9. The van der Waals surface area contributed by atoms with E-state index < -0.39 is 35.3 Å². The molecule has 7 nitrogen and oxygen atoms in total. The Morgan fingerprint density at radius 2 is 1.56 bits per heavy atom. The minimum absolute atomic E-state index is 0.0142. The summed E-state index contributed by atoms with van der Waals surface area (Å²) in [7, 11) is 4.05. The Morgan fingerprint density at radius 1 is 1.00 bits per heavy atom. The molecule has 1 unspecified atom stereocenters. The number of ketones is 1. The number of benzene rings is 2. The smallest absolute Gasteiger partial charge is 0.431 e. The molecule has 32 heavy (non-hydrogen) atoms. The van der Waals surface area contributed by atoms with Gasteiger partial charge in [-0.1, -0.05) is 15.9 Å². The predicted octanol–water partition coefficient (Wildman–Crippen LogP) is 4.53. The molecule has 3 rings (SSSR count). The largest absolute Gasteiger partial charge is 0.493 e. The first kappa shape index (κ1) is 23.5. The first-order valence-corrected chi connectivity index (χ1v) is 9.89. The summed E-state index contributed by atoms with van der Waals surface area (Å²) in [5, 5.41) is 4.13. The molecule has 1 atom stereocenters. The van der Waals surface area contributed by atoms with Gasteiger partial charge in [-0.2, -0.15) is 13.2 Å². The second-order valence-electron chi connectivity index (χ2n) is 6.61. The molecule has 0 radical (unpaired) electrons. The fourth-order valence-corrected chi connectivity index (χ4v) is 3.57. The minimum Gasteiger partial charge on any atom is -0.493 e. The zero-order valence-corrected chi connectivity index (χ0v) is 18.7. The van der Waals surface area contributed by atoms with Crippen LogP contribution in [0.3, 0.4) is 0 Å². The fraction of sp³-hybridized carbons (Fsp3) is 0.238. The van der Waals surface area contributed by atoms with Crippen molar-refractivity contribution in [3.8, 4) is 17.2 Å². The highest BCUT2D eigenvalue weighted by molar-refractivity contribution is 9.10. The van der Waals surface area contributed by atoms with Crippen molar-refractivity contribution in [2.75, 3.05) is 21.3 Å². The van der Waals surface area contributed by atoms with Crippen LogP contribution in [-0.4, -0.2) is 39.3 Å². The van der Waals surface area contributed by atoms with E-state index >= 15 is 0 Å². The van der Waals surface area contributed by atoms with Gasteiger partial charge in [-0.15, -0.1) is 0 Å². The van der Waals surface area contributed by atoms with Crippen LogP contribution in [0.1, 0.15) is 22.0 Å². The maximum atomic E-state index is 13.9. The van der Waals surface area contributed by atoms with E-state index in [2.05, 4.69) is 21.2 Å². The van der Waals surface area contributed by atoms with Crippen LogP contribution >= 0.6 is 15.9 Å². The van der Waals surface area contributed by atoms with Crippen LogP contribution in [0, 0.1) is 0 Å². The molecule has 1 aliphatic heterocycles. The molecule has 2 aromatic rings. The SMILES string of the molecule is COc1cc(C2NC(=O)NC(C(F)(F)F)=C2C(=O)c2ccc(Br)cc2)cc(OC)c1OC. The average molecular weight is 515 g/mol. The standard InChI is InChI=1S/C21H18BrF3N2O5/c1-30-13-8-11(9-14(31-2)18(13)32-3)16-15(17(28)10-4-6-12(22)7-5-10)19(21(23,24)25)27-20(29)26-16/h4-9,16H,1-3H3,(H2,26,27,29). The zero-order chi connectivity index (χ0) is 23.6. The molecule has 170 valence electrons. The van der Waals surface area contributed by atoms with Crippen LogP contribution in [0.4, 0.5) is 18.0 Å². The van der Waals surface area contributed by atoms with Gasteiger partial charge < -0.3 is 24.8 Å². The second-order valence-corrected chi connectivity index (χ2v) is 7.53. The van der Waals surface area contributed by atoms with Crippen molar-refractivity contribution < 1.29 is 37.0 Å². The first-order valence-electron chi connectivity index (χ1n) is 9.09. The summed E-state index contributed by atoms with van der Waals surface area (Å²) in [6.07, 6.45) is -4.99. The lowest BCUT2D eigenvalue weighted by Gasteiger charge is -2.31. The lowest BCUT2D eigenvalue weighted by Crippen LogP contribution is -2.49. The van der Waals surface area contributed by atoms with Crippen LogP contribution in [0.5, 0.6) is 17.2 Å². The van der Waals surface area contributed by atoms with Gasteiger partial charge in [-0.25, -0.2) is 4.79 Å². The average Bonchev–Trinajstić information content (AvgIpc) is 2.76. The third-order valence-electron chi connectivity index (χ3n) is 4.73. The Labute approximate surface area is 189 Å². The third kappa shape index (κ3) is 4.52. The number of urea groups is 1. The Hall–Kier alpha value is -3.21. The molecule has 0 spiro atoms. The van der Waals surface area contributed by atoms with Gasteiger partial charge in [0.15, 0.2) is 17.3 Å². The number of ether oxygens (including phenoxy) is 3. The molecular weight excluding hydrogens is 497 g/mol. The van der Waals surface area contributed by atoms with Gasteiger partial charge in [-0.05, 0) is 42.0 Å². The number of Topliss-reactive ketones (excluding diaryl/α,β-unsaturated/α-hetero) is 1. The lowest BCUT2D eigenvalue weighted by molar-refractivity contribution is -0.0972. The molecule has 2 amide bonds. The second kappa shape index (κ2) is 9.11. The van der Waals surface area contributed by atoms with Gasteiger partial charge in [-0.3, -0.25) is 4.79 Å². The fourth-order valence-electron chi connectivity index (χ4n) is 3.31. The van der Waals surface area contributed by atoms with E-state index in [-0.39, 0.29) is 28.4 Å². The van der Waals surface area contributed by atoms with Crippen molar-refractivity contribution in [2.45, 2.75) is 12.2 Å². The van der Waals surface area contributed by atoms with E-state index in [4.69, 9.17) is 14.2 Å². The van der Waals surface area contributed by atoms with Crippen molar-refractivity contribution in [1.82, 2.24) is 10.6 Å². The molecule has 11 heteroatoms. The van der Waals surface area contributed by atoms with Gasteiger partial charge in [0.05, 0.1) is 32.9 Å². The van der Waals surface area contributed by atoms with Crippen molar-refractivity contribution in [2.24, 2.45) is 0 Å². The van der Waals surface area contributed by atoms with Gasteiger partial charge in [0, 0.05) is 10.0 Å². The van der Waals surface area contributed by atoms with Crippen LogP contribution in [0.15, 0.2) is 52.1 Å². The van der Waals surface area contributed by atoms with Gasteiger partial charge in [0.1, 0.15) is 5.70 Å². The number of methoxy groups -OCH3 is 3. The summed E-state index contributed by atoms with van der Waals surface area (Å²) in [5.41, 5.74) is -1.96. The molecule has 1 heterocycles. The monoisotopic (exact) mass is 514 g/mol. The molecular formula is C21H18BrF3N2O5. The molecule has 0 saturated heterocycles. The zero-order valence-electron chi connectivity index (χ0n) is 17.1. The highest BCUT2D eigenvalue weighted by Gasteiger charge is 2.45. The molecule has 0 fully saturated rings. The van der Waals surface area contributed by atoms with Crippen molar-refractivity contribution in [3.05, 3.63) is 63.3 Å². The summed E-state index contributed by atoms with van der Waals surface area (Å²) >= 11 is 3.22. The van der Waals surface area contributed by atoms with Gasteiger partial charge in [0.25, 0.3) is 0 Å². The number of hydrogen-bond donors (Lipinski definition) is 2. The van der Waals surface area contributed by atoms with E-state index in [0.29, 0.717) is 4.47 Å². The van der Waals surface area contributed by atoms with Crippen LogP contribution in [0.2, 0.25) is 0 Å². The first-order chi connectivity index (χ1) is 15.1. The van der Waals surface area contributed by atoms with Crippen molar-refractivity contribution >= 4 is 27.7 Å². The molecule has 0 aromatic heterocycles. The number of allylic oxidation sites excluding steroid dienone is 1. The number of nitrogens with one attached hydrogen (secondary N) is 2. The molecule has 0 bridgehead atoms. The minimum atomic E-state index is -4.99. The quantitative estimate of drug-likeness (QED) is 0.553. The maximum Gasteiger partial charge on any atom is 0.431 e. The summed E-state index contributed by atoms with van der Waals surface area (Å²) in [6, 6.07) is 6.04. The highest BCUT2D eigenvalue weighted by Crippen LogP contribution is 2.43. The summed E-state index contributed by atoms with van der Waals surface area (Å²) < 4.78 is 58.0. The summed E-state index contributed by atoms with van der Waals surface area (Å²) in [4.78, 5) is 25.4. The predicted molar refractivity (Wildman–Crippen MR) is 112 cm³/mol. The lowest BCUT2D eigenvalue weighted by atomic mass is 9.88. The number of hydrogen-bond acceptors (Lipinski definition) is 5. The maximum absolute atomic E-state index is 13.9. The Morgan fingerprint density at radius 3 is 2.03 bits per heavy atom. The normalized spacial score (nSPS) is 16.2. The molecule has 2 aromatic carbocycles. The molecule has 2 N–H and O–H groups in total. The molecule has 1 aliphatic rings. The Kier molecular flexibility index (Phi) is 6.68. The number of amides is 2. The van der Waals surface area contributed by atoms with Crippen LogP contribution in [0.25, 0.3) is 0 Å².